The van der Waals surface area contributed by atoms with Crippen LogP contribution in [-0.4, -0.2) is 12.3 Å². The number of anilines is 8. The van der Waals surface area contributed by atoms with Crippen molar-refractivity contribution in [3.05, 3.63) is 195 Å². The van der Waals surface area contributed by atoms with Gasteiger partial charge in [0.1, 0.15) is 0 Å². The molecule has 0 bridgehead atoms. The van der Waals surface area contributed by atoms with Crippen molar-refractivity contribution in [1.29, 1.82) is 0 Å². The molecule has 6 aliphatic rings. The number of fused-ring (bicyclic) bond motifs is 13. The van der Waals surface area contributed by atoms with Crippen LogP contribution in [0.2, 0.25) is 0 Å². The van der Waals surface area contributed by atoms with Crippen LogP contribution in [0.25, 0.3) is 20.2 Å². The molecule has 15 rings (SSSR count). The van der Waals surface area contributed by atoms with Crippen LogP contribution in [0.5, 0.6) is 0 Å². The molecular formula is C76H80BN3S. The van der Waals surface area contributed by atoms with Crippen molar-refractivity contribution in [2.24, 2.45) is 0 Å². The summed E-state index contributed by atoms with van der Waals surface area (Å²) in [5, 5.41) is 2.65. The van der Waals surface area contributed by atoms with E-state index in [4.69, 9.17) is 0 Å². The first-order valence-electron chi connectivity index (χ1n) is 30.5. The van der Waals surface area contributed by atoms with Gasteiger partial charge in [0.25, 0.3) is 6.71 Å². The highest BCUT2D eigenvalue weighted by molar-refractivity contribution is 7.26. The summed E-state index contributed by atoms with van der Waals surface area (Å²) in [5.41, 5.74) is 28.4. The lowest BCUT2D eigenvalue weighted by Gasteiger charge is -2.51. The quantitative estimate of drug-likeness (QED) is 0.163. The largest absolute Gasteiger partial charge is 0.334 e. The Kier molecular flexibility index (Phi) is 10.5. The van der Waals surface area contributed by atoms with Crippen LogP contribution >= 0.6 is 11.3 Å². The normalized spacial score (nSPS) is 22.1. The van der Waals surface area contributed by atoms with Gasteiger partial charge in [0.15, 0.2) is 0 Å². The molecule has 1 saturated carbocycles. The number of benzene rings is 8. The van der Waals surface area contributed by atoms with E-state index < -0.39 is 0 Å². The van der Waals surface area contributed by atoms with Crippen molar-refractivity contribution in [3.63, 3.8) is 0 Å². The minimum absolute atomic E-state index is 0.00418. The van der Waals surface area contributed by atoms with E-state index in [1.54, 1.807) is 0 Å². The van der Waals surface area contributed by atoms with E-state index in [9.17, 15) is 0 Å². The summed E-state index contributed by atoms with van der Waals surface area (Å²) in [4.78, 5) is 8.32. The van der Waals surface area contributed by atoms with Crippen LogP contribution in [0.1, 0.15) is 184 Å². The summed E-state index contributed by atoms with van der Waals surface area (Å²) in [5.74, 6) is 0. The molecule has 9 aromatic rings. The fourth-order valence-corrected chi connectivity index (χ4v) is 18.3. The summed E-state index contributed by atoms with van der Waals surface area (Å²) in [6.45, 7) is 36.9. The summed E-state index contributed by atoms with van der Waals surface area (Å²) in [7, 11) is 0. The Morgan fingerprint density at radius 3 is 1.77 bits per heavy atom. The fraction of sp³-hybridized carbons (Fsp3) is 0.368. The summed E-state index contributed by atoms with van der Waals surface area (Å²) in [6.07, 6.45) is 7.20. The van der Waals surface area contributed by atoms with Gasteiger partial charge in [-0.3, -0.25) is 0 Å². The molecule has 4 heterocycles. The third kappa shape index (κ3) is 6.82. The topological polar surface area (TPSA) is 9.72 Å². The molecule has 0 amide bonds. The first-order valence-corrected chi connectivity index (χ1v) is 31.4. The van der Waals surface area contributed by atoms with E-state index in [1.165, 1.54) is 163 Å². The molecule has 0 spiro atoms. The minimum Gasteiger partial charge on any atom is -0.334 e. The molecule has 81 heavy (non-hydrogen) atoms. The number of thiophene rings is 1. The fourth-order valence-electron chi connectivity index (χ4n) is 17.2. The molecule has 0 saturated heterocycles. The van der Waals surface area contributed by atoms with Crippen LogP contribution < -0.4 is 31.1 Å². The molecule has 3 aliphatic heterocycles. The molecule has 2 unspecified atom stereocenters. The average Bonchev–Trinajstić information content (AvgIpc) is 3.79. The van der Waals surface area contributed by atoms with Crippen molar-refractivity contribution >= 4 is 100 Å². The molecule has 8 aromatic carbocycles. The van der Waals surface area contributed by atoms with Gasteiger partial charge in [-0.15, -0.1) is 11.3 Å². The van der Waals surface area contributed by atoms with E-state index in [0.29, 0.717) is 0 Å². The van der Waals surface area contributed by atoms with Crippen molar-refractivity contribution < 1.29 is 0 Å². The van der Waals surface area contributed by atoms with Gasteiger partial charge >= 0.3 is 0 Å². The number of nitrogens with zero attached hydrogens (tertiary/aromatic N) is 3. The number of aryl methyl sites for hydroxylation is 2. The third-order valence-electron chi connectivity index (χ3n) is 22.2. The van der Waals surface area contributed by atoms with Gasteiger partial charge in [0.05, 0.1) is 11.2 Å². The maximum absolute atomic E-state index is 2.83. The predicted octanol–water partition coefficient (Wildman–Crippen LogP) is 19.1. The lowest BCUT2D eigenvalue weighted by molar-refractivity contribution is 0.195. The van der Waals surface area contributed by atoms with E-state index in [-0.39, 0.29) is 44.7 Å². The molecule has 0 N–H and O–H groups in total. The molecule has 0 radical (unpaired) electrons. The second-order valence-electron chi connectivity index (χ2n) is 29.6. The first-order chi connectivity index (χ1) is 38.3. The molecule has 3 aliphatic carbocycles. The van der Waals surface area contributed by atoms with E-state index in [0.717, 1.165) is 12.8 Å². The highest BCUT2D eigenvalue weighted by Crippen LogP contribution is 2.62. The van der Waals surface area contributed by atoms with Gasteiger partial charge in [-0.05, 0) is 195 Å². The summed E-state index contributed by atoms with van der Waals surface area (Å²) in [6, 6.07) is 56.5. The molecule has 2 atom stereocenters. The van der Waals surface area contributed by atoms with Gasteiger partial charge in [0, 0.05) is 76.2 Å². The predicted molar refractivity (Wildman–Crippen MR) is 350 cm³/mol. The van der Waals surface area contributed by atoms with E-state index in [1.807, 2.05) is 11.3 Å². The smallest absolute Gasteiger partial charge is 0.252 e. The van der Waals surface area contributed by atoms with Crippen LogP contribution in [0.3, 0.4) is 0 Å². The van der Waals surface area contributed by atoms with Crippen LogP contribution in [-0.2, 0) is 32.5 Å². The van der Waals surface area contributed by atoms with Crippen LogP contribution in [0.15, 0.2) is 140 Å². The van der Waals surface area contributed by atoms with Crippen LogP contribution in [0.4, 0.5) is 45.5 Å². The number of hydrogen-bond donors (Lipinski definition) is 0. The maximum Gasteiger partial charge on any atom is 0.252 e. The van der Waals surface area contributed by atoms with Gasteiger partial charge in [-0.2, -0.15) is 0 Å². The molecule has 3 nitrogen and oxygen atoms in total. The van der Waals surface area contributed by atoms with Crippen molar-refractivity contribution in [2.75, 3.05) is 14.7 Å². The molecular weight excluding hydrogens is 998 g/mol. The molecule has 1 aromatic heterocycles. The van der Waals surface area contributed by atoms with Crippen LogP contribution in [0, 0.1) is 13.8 Å². The molecule has 1 fully saturated rings. The zero-order valence-corrected chi connectivity index (χ0v) is 51.7. The van der Waals surface area contributed by atoms with Crippen molar-refractivity contribution in [1.82, 2.24) is 0 Å². The Bertz CT molecular complexity index is 4220. The van der Waals surface area contributed by atoms with Gasteiger partial charge < -0.3 is 14.7 Å². The zero-order chi connectivity index (χ0) is 56.5. The van der Waals surface area contributed by atoms with Gasteiger partial charge in [-0.1, -0.05) is 175 Å². The Balaban J connectivity index is 1.06. The average molecular weight is 1080 g/mol. The van der Waals surface area contributed by atoms with E-state index in [2.05, 4.69) is 258 Å². The SMILES string of the molecule is Cc1cc2c3c(c1)N(c1cccc4sc5ccccc5c14)c1cc4c(cc1B3c1ccc(N3c5ccc(C(C)(C)C)cc5C5(C)CCCCC35C)cc1N2c1cc2c(cc1C)C(C)(C)CCC2(C)C)C(C)(C)c1ccccc1C4(C)C. The minimum atomic E-state index is -0.229. The van der Waals surface area contributed by atoms with Gasteiger partial charge in [-0.25, -0.2) is 0 Å². The third-order valence-corrected chi connectivity index (χ3v) is 23.4. The lowest BCUT2D eigenvalue weighted by Crippen LogP contribution is -2.62. The van der Waals surface area contributed by atoms with E-state index >= 15 is 0 Å². The maximum atomic E-state index is 2.83. The van der Waals surface area contributed by atoms with Crippen molar-refractivity contribution in [3.8, 4) is 0 Å². The van der Waals surface area contributed by atoms with Crippen molar-refractivity contribution in [2.45, 2.75) is 180 Å². The van der Waals surface area contributed by atoms with Gasteiger partial charge in [0.2, 0.25) is 0 Å². The Hall–Kier alpha value is -6.56. The lowest BCUT2D eigenvalue weighted by atomic mass is 9.33. The summed E-state index contributed by atoms with van der Waals surface area (Å²) >= 11 is 1.92. The number of rotatable bonds is 3. The molecule has 408 valence electrons. The highest BCUT2D eigenvalue weighted by Gasteiger charge is 2.58. The number of hydrogen-bond acceptors (Lipinski definition) is 4. The first kappa shape index (κ1) is 51.3. The summed E-state index contributed by atoms with van der Waals surface area (Å²) < 4.78 is 2.65. The standard InChI is InChI=1S/C76H80BN3S/c1-45-37-64-69-65(38-45)79(61-43-53-52(39-46(61)2)71(6,7)35-36-72(53,8)9)62-41-48(80-59-32-29-47(70(3,4)5)40-56(59)75(14)33-20-21-34-76(75,80)15)30-31-57(62)77(69)58-42-54-55(74(12,13)51-25-18-17-24-50(51)73(54,10)11)44-63(58)78(64)60-26-22-28-67-68(60)49-23-16-19-27-66(49)81-67/h16-19,22-32,37-44H,20-21,33-36H2,1-15H3. The highest BCUT2D eigenvalue weighted by atomic mass is 32.1. The second kappa shape index (κ2) is 16.6. The monoisotopic (exact) mass is 1080 g/mol. The second-order valence-corrected chi connectivity index (χ2v) is 30.7. The molecule has 5 heteroatoms. The zero-order valence-electron chi connectivity index (χ0n) is 50.8. The Morgan fingerprint density at radius 2 is 1.06 bits per heavy atom. The Labute approximate surface area is 487 Å². The Morgan fingerprint density at radius 1 is 0.457 bits per heavy atom.